The first-order valence-corrected chi connectivity index (χ1v) is 5.35. The average Bonchev–Trinajstić information content (AvgIpc) is 3.18. The number of benzene rings is 1. The molecule has 0 spiro atoms. The predicted molar refractivity (Wildman–Crippen MR) is 60.8 cm³/mol. The van der Waals surface area contributed by atoms with E-state index in [-0.39, 0.29) is 18.6 Å². The third-order valence-corrected chi connectivity index (χ3v) is 2.30. The van der Waals surface area contributed by atoms with E-state index < -0.39 is 4.92 Å². The van der Waals surface area contributed by atoms with Crippen LogP contribution >= 0.6 is 0 Å². The van der Waals surface area contributed by atoms with Gasteiger partial charge in [-0.25, -0.2) is 0 Å². The van der Waals surface area contributed by atoms with Crippen LogP contribution in [-0.4, -0.2) is 38.1 Å². The van der Waals surface area contributed by atoms with Crippen molar-refractivity contribution in [1.29, 1.82) is 0 Å². The second kappa shape index (κ2) is 5.65. The molecule has 0 saturated carbocycles. The second-order valence-electron chi connectivity index (χ2n) is 3.71. The van der Waals surface area contributed by atoms with Crippen molar-refractivity contribution in [3.05, 3.63) is 28.3 Å². The van der Waals surface area contributed by atoms with Crippen molar-refractivity contribution in [1.82, 2.24) is 0 Å². The van der Waals surface area contributed by atoms with Crippen LogP contribution in [0.1, 0.15) is 0 Å². The number of epoxide rings is 1. The quantitative estimate of drug-likeness (QED) is 0.316. The van der Waals surface area contributed by atoms with E-state index in [4.69, 9.17) is 18.9 Å². The molecule has 0 aliphatic carbocycles. The summed E-state index contributed by atoms with van der Waals surface area (Å²) in [5.74, 6) is 0.722. The molecular formula is C11H13NO6. The predicted octanol–water partition coefficient (Wildman–Crippen LogP) is 1.36. The van der Waals surface area contributed by atoms with Gasteiger partial charge in [0, 0.05) is 13.2 Å². The minimum atomic E-state index is -0.486. The topological polar surface area (TPSA) is 83.4 Å². The number of methoxy groups -OCH3 is 1. The Labute approximate surface area is 103 Å². The Morgan fingerprint density at radius 1 is 1.44 bits per heavy atom. The number of hydrogen-bond donors (Lipinski definition) is 0. The summed E-state index contributed by atoms with van der Waals surface area (Å²) in [5, 5.41) is 10.7. The Bertz CT molecular complexity index is 432. The first-order valence-electron chi connectivity index (χ1n) is 5.35. The van der Waals surface area contributed by atoms with Gasteiger partial charge < -0.3 is 18.9 Å². The van der Waals surface area contributed by atoms with Gasteiger partial charge in [-0.3, -0.25) is 10.1 Å². The lowest BCUT2D eigenvalue weighted by atomic mass is 10.3. The molecule has 1 heterocycles. The largest absolute Gasteiger partial charge is 0.487 e. The summed E-state index contributed by atoms with van der Waals surface area (Å²) in [6, 6.07) is 4.17. The van der Waals surface area contributed by atoms with E-state index in [0.717, 1.165) is 0 Å². The first-order chi connectivity index (χ1) is 8.70. The average molecular weight is 255 g/mol. The maximum Gasteiger partial charge on any atom is 0.273 e. The molecule has 1 aromatic rings. The minimum absolute atomic E-state index is 0.0496. The van der Waals surface area contributed by atoms with Crippen molar-refractivity contribution in [2.75, 3.05) is 27.1 Å². The minimum Gasteiger partial charge on any atom is -0.487 e. The molecule has 7 heteroatoms. The van der Waals surface area contributed by atoms with Crippen molar-refractivity contribution >= 4 is 5.69 Å². The van der Waals surface area contributed by atoms with Gasteiger partial charge in [-0.05, 0) is 6.07 Å². The zero-order chi connectivity index (χ0) is 13.0. The van der Waals surface area contributed by atoms with Gasteiger partial charge in [-0.15, -0.1) is 0 Å². The van der Waals surface area contributed by atoms with Gasteiger partial charge in [-0.2, -0.15) is 0 Å². The van der Waals surface area contributed by atoms with E-state index in [2.05, 4.69) is 0 Å². The number of rotatable bonds is 7. The Hall–Kier alpha value is -1.86. The van der Waals surface area contributed by atoms with Crippen molar-refractivity contribution in [2.45, 2.75) is 6.10 Å². The van der Waals surface area contributed by atoms with Crippen LogP contribution in [0.5, 0.6) is 11.5 Å². The molecule has 98 valence electrons. The van der Waals surface area contributed by atoms with Crippen molar-refractivity contribution in [2.24, 2.45) is 0 Å². The van der Waals surface area contributed by atoms with Crippen LogP contribution in [-0.2, 0) is 9.47 Å². The summed E-state index contributed by atoms with van der Waals surface area (Å²) in [4.78, 5) is 10.2. The van der Waals surface area contributed by atoms with Gasteiger partial charge in [0.15, 0.2) is 18.3 Å². The van der Waals surface area contributed by atoms with E-state index in [1.54, 1.807) is 0 Å². The summed E-state index contributed by atoms with van der Waals surface area (Å²) in [5.41, 5.74) is -0.0496. The van der Waals surface area contributed by atoms with E-state index >= 15 is 0 Å². The molecule has 1 fully saturated rings. The normalized spacial score (nSPS) is 17.3. The highest BCUT2D eigenvalue weighted by molar-refractivity contribution is 5.48. The lowest BCUT2D eigenvalue weighted by Crippen LogP contribution is -2.07. The van der Waals surface area contributed by atoms with Crippen molar-refractivity contribution < 1.29 is 23.9 Å². The maximum absolute atomic E-state index is 10.7. The molecule has 0 amide bonds. The van der Waals surface area contributed by atoms with E-state index in [1.165, 1.54) is 25.3 Å². The molecule has 1 aliphatic rings. The second-order valence-corrected chi connectivity index (χ2v) is 3.71. The molecule has 0 radical (unpaired) electrons. The standard InChI is InChI=1S/C11H13NO6/c1-15-7-18-10-3-2-8(12(13)14)4-11(10)17-6-9-5-16-9/h2-4,9H,5-7H2,1H3/t9-/m0/s1. The van der Waals surface area contributed by atoms with E-state index in [1.807, 2.05) is 0 Å². The van der Waals surface area contributed by atoms with Crippen molar-refractivity contribution in [3.63, 3.8) is 0 Å². The summed E-state index contributed by atoms with van der Waals surface area (Å²) < 4.78 is 20.5. The van der Waals surface area contributed by atoms with Crippen LogP contribution in [0, 0.1) is 10.1 Å². The summed E-state index contributed by atoms with van der Waals surface area (Å²) in [7, 11) is 1.49. The number of non-ortho nitro benzene ring substituents is 1. The fourth-order valence-electron chi connectivity index (χ4n) is 1.31. The monoisotopic (exact) mass is 255 g/mol. The Balaban J connectivity index is 2.11. The lowest BCUT2D eigenvalue weighted by Gasteiger charge is -2.11. The van der Waals surface area contributed by atoms with E-state index in [0.29, 0.717) is 24.7 Å². The SMILES string of the molecule is COCOc1ccc([N+](=O)[O-])cc1OC[C@@H]1CO1. The first kappa shape index (κ1) is 12.6. The van der Waals surface area contributed by atoms with Gasteiger partial charge in [0.2, 0.25) is 0 Å². The third kappa shape index (κ3) is 3.31. The van der Waals surface area contributed by atoms with Crippen LogP contribution in [0.2, 0.25) is 0 Å². The van der Waals surface area contributed by atoms with Gasteiger partial charge in [0.1, 0.15) is 12.7 Å². The number of nitro benzene ring substituents is 1. The molecule has 2 rings (SSSR count). The molecule has 0 unspecified atom stereocenters. The summed E-state index contributed by atoms with van der Waals surface area (Å²) in [6.07, 6.45) is 0.0690. The summed E-state index contributed by atoms with van der Waals surface area (Å²) >= 11 is 0. The van der Waals surface area contributed by atoms with Gasteiger partial charge in [0.05, 0.1) is 17.6 Å². The molecule has 1 atom stereocenters. The number of ether oxygens (including phenoxy) is 4. The maximum atomic E-state index is 10.7. The van der Waals surface area contributed by atoms with Crippen molar-refractivity contribution in [3.8, 4) is 11.5 Å². The highest BCUT2D eigenvalue weighted by atomic mass is 16.7. The van der Waals surface area contributed by atoms with Gasteiger partial charge in [0.25, 0.3) is 5.69 Å². The molecule has 0 aromatic heterocycles. The number of nitro groups is 1. The Morgan fingerprint density at radius 2 is 2.22 bits per heavy atom. The smallest absolute Gasteiger partial charge is 0.273 e. The molecule has 18 heavy (non-hydrogen) atoms. The zero-order valence-corrected chi connectivity index (χ0v) is 9.83. The molecule has 1 saturated heterocycles. The number of hydrogen-bond acceptors (Lipinski definition) is 6. The Morgan fingerprint density at radius 3 is 2.83 bits per heavy atom. The Kier molecular flexibility index (Phi) is 3.96. The highest BCUT2D eigenvalue weighted by Gasteiger charge is 2.24. The molecule has 1 aliphatic heterocycles. The number of nitrogens with zero attached hydrogens (tertiary/aromatic N) is 1. The highest BCUT2D eigenvalue weighted by Crippen LogP contribution is 2.32. The zero-order valence-electron chi connectivity index (χ0n) is 9.83. The van der Waals surface area contributed by atoms with Crippen LogP contribution in [0.15, 0.2) is 18.2 Å². The fourth-order valence-corrected chi connectivity index (χ4v) is 1.31. The molecule has 0 N–H and O–H groups in total. The van der Waals surface area contributed by atoms with Crippen LogP contribution in [0.25, 0.3) is 0 Å². The van der Waals surface area contributed by atoms with Crippen LogP contribution < -0.4 is 9.47 Å². The molecular weight excluding hydrogens is 242 g/mol. The van der Waals surface area contributed by atoms with E-state index in [9.17, 15) is 10.1 Å². The van der Waals surface area contributed by atoms with Gasteiger partial charge in [-0.1, -0.05) is 0 Å². The molecule has 0 bridgehead atoms. The lowest BCUT2D eigenvalue weighted by molar-refractivity contribution is -0.385. The fraction of sp³-hybridized carbons (Fsp3) is 0.455. The molecule has 7 nitrogen and oxygen atoms in total. The summed E-state index contributed by atoms with van der Waals surface area (Å²) in [6.45, 7) is 1.06. The third-order valence-electron chi connectivity index (χ3n) is 2.30. The van der Waals surface area contributed by atoms with Crippen LogP contribution in [0.4, 0.5) is 5.69 Å². The molecule has 1 aromatic carbocycles. The van der Waals surface area contributed by atoms with Gasteiger partial charge >= 0.3 is 0 Å². The van der Waals surface area contributed by atoms with Crippen LogP contribution in [0.3, 0.4) is 0 Å².